The molecule has 1 heterocycles. The molecule has 0 fully saturated rings. The first-order chi connectivity index (χ1) is 7.40. The van der Waals surface area contributed by atoms with Crippen LogP contribution in [-0.2, 0) is 17.7 Å². The van der Waals surface area contributed by atoms with Gasteiger partial charge in [-0.25, -0.2) is 0 Å². The Balaban J connectivity index is 2.86. The molecule has 2 atom stereocenters. The number of hydrogen-bond acceptors (Lipinski definition) is 3. The molecule has 0 aliphatic rings. The van der Waals surface area contributed by atoms with Crippen LogP contribution in [0, 0.1) is 6.92 Å². The molecule has 1 aromatic rings. The van der Waals surface area contributed by atoms with Crippen molar-refractivity contribution in [3.8, 4) is 0 Å². The lowest BCUT2D eigenvalue weighted by Crippen LogP contribution is -2.41. The van der Waals surface area contributed by atoms with Gasteiger partial charge in [0.05, 0.1) is 17.4 Å². The van der Waals surface area contributed by atoms with Crippen LogP contribution < -0.4 is 0 Å². The van der Waals surface area contributed by atoms with E-state index in [1.807, 2.05) is 31.5 Å². The second-order valence-electron chi connectivity index (χ2n) is 4.50. The number of rotatable bonds is 5. The lowest BCUT2D eigenvalue weighted by atomic mass is 9.94. The largest absolute Gasteiger partial charge is 0.387 e. The molecule has 92 valence electrons. The van der Waals surface area contributed by atoms with Crippen molar-refractivity contribution in [2.45, 2.75) is 52.4 Å². The van der Waals surface area contributed by atoms with Crippen LogP contribution in [0.2, 0.25) is 0 Å². The van der Waals surface area contributed by atoms with Crippen LogP contribution >= 0.6 is 0 Å². The molecule has 1 rings (SSSR count). The average molecular weight is 226 g/mol. The fourth-order valence-electron chi connectivity index (χ4n) is 1.78. The van der Waals surface area contributed by atoms with Gasteiger partial charge in [-0.3, -0.25) is 4.68 Å². The molecular formula is C12H22N2O2. The molecule has 0 aromatic carbocycles. The van der Waals surface area contributed by atoms with Crippen molar-refractivity contribution in [2.24, 2.45) is 0 Å². The number of aliphatic hydroxyl groups is 1. The fourth-order valence-corrected chi connectivity index (χ4v) is 1.78. The number of ether oxygens (including phenoxy) is 1. The topological polar surface area (TPSA) is 47.3 Å². The predicted molar refractivity (Wildman–Crippen MR) is 63.4 cm³/mol. The molecule has 0 radical (unpaired) electrons. The van der Waals surface area contributed by atoms with Crippen LogP contribution in [-0.4, -0.2) is 33.7 Å². The highest BCUT2D eigenvalue weighted by Crippen LogP contribution is 2.19. The number of aromatic nitrogens is 2. The summed E-state index contributed by atoms with van der Waals surface area (Å²) in [6.45, 7) is 8.50. The van der Waals surface area contributed by atoms with Gasteiger partial charge in [-0.2, -0.15) is 5.10 Å². The van der Waals surface area contributed by atoms with Gasteiger partial charge in [-0.1, -0.05) is 0 Å². The highest BCUT2D eigenvalue weighted by atomic mass is 16.5. The zero-order valence-corrected chi connectivity index (χ0v) is 10.8. The first-order valence-electron chi connectivity index (χ1n) is 5.69. The standard InChI is InChI=1S/C12H22N2O2/c1-6-14-11(7-9(2)13-14)8-12(4,15)10(3)16-5/h7,10,15H,6,8H2,1-5H3. The summed E-state index contributed by atoms with van der Waals surface area (Å²) in [6.07, 6.45) is 0.351. The number of aryl methyl sites for hydroxylation is 2. The second-order valence-corrected chi connectivity index (χ2v) is 4.50. The second kappa shape index (κ2) is 4.97. The van der Waals surface area contributed by atoms with Crippen molar-refractivity contribution >= 4 is 0 Å². The average Bonchev–Trinajstić information content (AvgIpc) is 2.56. The van der Waals surface area contributed by atoms with Gasteiger partial charge in [-0.05, 0) is 33.8 Å². The normalized spacial score (nSPS) is 17.1. The van der Waals surface area contributed by atoms with Gasteiger partial charge in [0.1, 0.15) is 0 Å². The molecule has 0 saturated heterocycles. The Labute approximate surface area is 97.2 Å². The third-order valence-corrected chi connectivity index (χ3v) is 3.05. The van der Waals surface area contributed by atoms with E-state index < -0.39 is 5.60 Å². The molecule has 0 aliphatic carbocycles. The molecular weight excluding hydrogens is 204 g/mol. The molecule has 0 aliphatic heterocycles. The number of methoxy groups -OCH3 is 1. The van der Waals surface area contributed by atoms with Gasteiger partial charge in [0.25, 0.3) is 0 Å². The monoisotopic (exact) mass is 226 g/mol. The van der Waals surface area contributed by atoms with Gasteiger partial charge in [-0.15, -0.1) is 0 Å². The number of hydrogen-bond donors (Lipinski definition) is 1. The molecule has 0 spiro atoms. The van der Waals surface area contributed by atoms with Crippen molar-refractivity contribution in [3.63, 3.8) is 0 Å². The smallest absolute Gasteiger partial charge is 0.0932 e. The minimum absolute atomic E-state index is 0.201. The minimum atomic E-state index is -0.867. The molecule has 2 unspecified atom stereocenters. The van der Waals surface area contributed by atoms with Crippen molar-refractivity contribution < 1.29 is 9.84 Å². The quantitative estimate of drug-likeness (QED) is 0.828. The maximum Gasteiger partial charge on any atom is 0.0932 e. The third kappa shape index (κ3) is 2.83. The van der Waals surface area contributed by atoms with E-state index in [-0.39, 0.29) is 6.10 Å². The fraction of sp³-hybridized carbons (Fsp3) is 0.750. The van der Waals surface area contributed by atoms with Crippen LogP contribution in [0.25, 0.3) is 0 Å². The van der Waals surface area contributed by atoms with Gasteiger partial charge >= 0.3 is 0 Å². The maximum atomic E-state index is 10.3. The Kier molecular flexibility index (Phi) is 4.10. The van der Waals surface area contributed by atoms with Crippen molar-refractivity contribution in [1.82, 2.24) is 9.78 Å². The lowest BCUT2D eigenvalue weighted by Gasteiger charge is -2.29. The van der Waals surface area contributed by atoms with Crippen LogP contribution in [0.3, 0.4) is 0 Å². The third-order valence-electron chi connectivity index (χ3n) is 3.05. The van der Waals surface area contributed by atoms with Crippen LogP contribution in [0.15, 0.2) is 6.07 Å². The molecule has 1 N–H and O–H groups in total. The summed E-state index contributed by atoms with van der Waals surface area (Å²) >= 11 is 0. The Hall–Kier alpha value is -0.870. The SMILES string of the molecule is CCn1nc(C)cc1CC(C)(O)C(C)OC. The van der Waals surface area contributed by atoms with Crippen molar-refractivity contribution in [3.05, 3.63) is 17.5 Å². The van der Waals surface area contributed by atoms with E-state index in [2.05, 4.69) is 5.10 Å². The van der Waals surface area contributed by atoms with E-state index >= 15 is 0 Å². The summed E-state index contributed by atoms with van der Waals surface area (Å²) in [4.78, 5) is 0. The Morgan fingerprint density at radius 1 is 1.62 bits per heavy atom. The summed E-state index contributed by atoms with van der Waals surface area (Å²) in [7, 11) is 1.61. The molecule has 4 nitrogen and oxygen atoms in total. The molecule has 0 amide bonds. The molecule has 1 aromatic heterocycles. The highest BCUT2D eigenvalue weighted by molar-refractivity contribution is 5.12. The van der Waals surface area contributed by atoms with Crippen LogP contribution in [0.4, 0.5) is 0 Å². The Bertz CT molecular complexity index is 345. The van der Waals surface area contributed by atoms with Crippen molar-refractivity contribution in [2.75, 3.05) is 7.11 Å². The van der Waals surface area contributed by atoms with Crippen LogP contribution in [0.5, 0.6) is 0 Å². The zero-order chi connectivity index (χ0) is 12.3. The highest BCUT2D eigenvalue weighted by Gasteiger charge is 2.30. The summed E-state index contributed by atoms with van der Waals surface area (Å²) in [5, 5.41) is 14.7. The van der Waals surface area contributed by atoms with Gasteiger partial charge < -0.3 is 9.84 Å². The first-order valence-corrected chi connectivity index (χ1v) is 5.69. The zero-order valence-electron chi connectivity index (χ0n) is 10.8. The molecule has 16 heavy (non-hydrogen) atoms. The van der Waals surface area contributed by atoms with E-state index in [1.165, 1.54) is 0 Å². The van der Waals surface area contributed by atoms with E-state index in [4.69, 9.17) is 4.74 Å². The lowest BCUT2D eigenvalue weighted by molar-refractivity contribution is -0.0725. The molecule has 4 heteroatoms. The van der Waals surface area contributed by atoms with Gasteiger partial charge in [0.2, 0.25) is 0 Å². The Morgan fingerprint density at radius 2 is 2.25 bits per heavy atom. The van der Waals surface area contributed by atoms with E-state index in [9.17, 15) is 5.11 Å². The van der Waals surface area contributed by atoms with Gasteiger partial charge in [0, 0.05) is 25.8 Å². The maximum absolute atomic E-state index is 10.3. The first kappa shape index (κ1) is 13.2. The van der Waals surface area contributed by atoms with E-state index in [1.54, 1.807) is 14.0 Å². The summed E-state index contributed by atoms with van der Waals surface area (Å²) in [6, 6.07) is 2.01. The van der Waals surface area contributed by atoms with Crippen molar-refractivity contribution in [1.29, 1.82) is 0 Å². The number of nitrogens with zero attached hydrogens (tertiary/aromatic N) is 2. The minimum Gasteiger partial charge on any atom is -0.387 e. The van der Waals surface area contributed by atoms with E-state index in [0.717, 1.165) is 17.9 Å². The summed E-state index contributed by atoms with van der Waals surface area (Å²) in [5.41, 5.74) is 1.17. The predicted octanol–water partition coefficient (Wildman–Crippen LogP) is 1.54. The summed E-state index contributed by atoms with van der Waals surface area (Å²) < 4.78 is 7.11. The van der Waals surface area contributed by atoms with Gasteiger partial charge in [0.15, 0.2) is 0 Å². The molecule has 0 saturated carbocycles. The molecule has 0 bridgehead atoms. The summed E-state index contributed by atoms with van der Waals surface area (Å²) in [5.74, 6) is 0. The van der Waals surface area contributed by atoms with E-state index in [0.29, 0.717) is 6.42 Å². The van der Waals surface area contributed by atoms with Crippen LogP contribution in [0.1, 0.15) is 32.2 Å². The Morgan fingerprint density at radius 3 is 2.75 bits per heavy atom.